The maximum Gasteiger partial charge on any atom is 0.0640 e. The first-order valence-corrected chi connectivity index (χ1v) is 7.41. The molecule has 0 bridgehead atoms. The minimum absolute atomic E-state index is 0.246. The summed E-state index contributed by atoms with van der Waals surface area (Å²) in [7, 11) is 0. The zero-order chi connectivity index (χ0) is 13.5. The Labute approximate surface area is 111 Å². The van der Waals surface area contributed by atoms with Crippen molar-refractivity contribution in [2.24, 2.45) is 5.92 Å². The topological polar surface area (TPSA) is 9.23 Å². The van der Waals surface area contributed by atoms with Crippen LogP contribution in [0.5, 0.6) is 0 Å². The average molecular weight is 264 g/mol. The van der Waals surface area contributed by atoms with Gasteiger partial charge in [0.25, 0.3) is 0 Å². The van der Waals surface area contributed by atoms with Crippen molar-refractivity contribution in [1.29, 1.82) is 0 Å². The highest BCUT2D eigenvalue weighted by Crippen LogP contribution is 2.35. The number of rotatable bonds is 9. The second kappa shape index (κ2) is 7.63. The van der Waals surface area contributed by atoms with Gasteiger partial charge in [-0.15, -0.1) is 0 Å². The molecule has 0 rings (SSSR count). The maximum absolute atomic E-state index is 12.7. The SMILES string of the molecule is CCCC(CC)COC(C)(C)CC(C)(C)SF. The van der Waals surface area contributed by atoms with Gasteiger partial charge in [-0.05, 0) is 46.5 Å². The minimum atomic E-state index is -0.365. The molecule has 0 saturated carbocycles. The van der Waals surface area contributed by atoms with Crippen LogP contribution in [0.1, 0.15) is 67.2 Å². The largest absolute Gasteiger partial charge is 0.375 e. The van der Waals surface area contributed by atoms with E-state index in [1.165, 1.54) is 12.8 Å². The summed E-state index contributed by atoms with van der Waals surface area (Å²) in [5.74, 6) is 0.639. The van der Waals surface area contributed by atoms with Crippen LogP contribution in [0.4, 0.5) is 3.89 Å². The molecule has 1 nitrogen and oxygen atoms in total. The fraction of sp³-hybridized carbons (Fsp3) is 1.00. The van der Waals surface area contributed by atoms with Crippen LogP contribution in [0.2, 0.25) is 0 Å². The molecule has 0 saturated heterocycles. The lowest BCUT2D eigenvalue weighted by Crippen LogP contribution is -2.34. The van der Waals surface area contributed by atoms with Gasteiger partial charge in [-0.25, -0.2) is 0 Å². The molecule has 104 valence electrons. The summed E-state index contributed by atoms with van der Waals surface area (Å²) in [6.07, 6.45) is 4.30. The summed E-state index contributed by atoms with van der Waals surface area (Å²) >= 11 is 0.424. The third-order valence-corrected chi connectivity index (χ3v) is 3.61. The molecule has 17 heavy (non-hydrogen) atoms. The van der Waals surface area contributed by atoms with Gasteiger partial charge < -0.3 is 4.74 Å². The molecule has 0 radical (unpaired) electrons. The monoisotopic (exact) mass is 264 g/mol. The summed E-state index contributed by atoms with van der Waals surface area (Å²) < 4.78 is 18.4. The number of hydrogen-bond donors (Lipinski definition) is 0. The summed E-state index contributed by atoms with van der Waals surface area (Å²) in [6, 6.07) is 0. The molecule has 0 aromatic heterocycles. The van der Waals surface area contributed by atoms with Crippen LogP contribution in [-0.4, -0.2) is 17.0 Å². The Kier molecular flexibility index (Phi) is 7.73. The Morgan fingerprint density at radius 2 is 1.76 bits per heavy atom. The molecule has 0 aromatic carbocycles. The molecule has 0 aliphatic carbocycles. The van der Waals surface area contributed by atoms with E-state index in [-0.39, 0.29) is 10.3 Å². The zero-order valence-corrected chi connectivity index (χ0v) is 13.1. The normalized spacial score (nSPS) is 15.0. The van der Waals surface area contributed by atoms with Crippen molar-refractivity contribution < 1.29 is 8.62 Å². The van der Waals surface area contributed by atoms with E-state index in [0.29, 0.717) is 18.1 Å². The first-order chi connectivity index (χ1) is 7.76. The fourth-order valence-electron chi connectivity index (χ4n) is 2.26. The molecule has 0 heterocycles. The third-order valence-electron chi connectivity index (χ3n) is 3.04. The van der Waals surface area contributed by atoms with E-state index in [1.54, 1.807) is 0 Å². The minimum Gasteiger partial charge on any atom is -0.375 e. The second-order valence-electron chi connectivity index (χ2n) is 6.15. The van der Waals surface area contributed by atoms with Gasteiger partial charge in [-0.2, -0.15) is 3.89 Å². The molecule has 0 fully saturated rings. The lowest BCUT2D eigenvalue weighted by atomic mass is 9.94. The van der Waals surface area contributed by atoms with E-state index in [9.17, 15) is 3.89 Å². The van der Waals surface area contributed by atoms with Crippen LogP contribution >= 0.6 is 12.1 Å². The molecule has 0 aliphatic rings. The summed E-state index contributed by atoms with van der Waals surface area (Å²) in [5.41, 5.74) is -0.246. The predicted octanol–water partition coefficient (Wildman–Crippen LogP) is 5.39. The highest BCUT2D eigenvalue weighted by atomic mass is 32.2. The Hall–Kier alpha value is 0.240. The lowest BCUT2D eigenvalue weighted by Gasteiger charge is -2.33. The van der Waals surface area contributed by atoms with Crippen molar-refractivity contribution in [2.75, 3.05) is 6.61 Å². The van der Waals surface area contributed by atoms with Gasteiger partial charge in [-0.1, -0.05) is 26.7 Å². The van der Waals surface area contributed by atoms with Crippen LogP contribution in [0, 0.1) is 5.92 Å². The quantitative estimate of drug-likeness (QED) is 0.552. The fourth-order valence-corrected chi connectivity index (χ4v) is 2.66. The standard InChI is InChI=1S/C14H29FOS/c1-7-9-12(8-2)10-16-13(3,4)11-14(5,6)17-15/h12H,7-11H2,1-6H3. The van der Waals surface area contributed by atoms with Crippen LogP contribution in [0.3, 0.4) is 0 Å². The average Bonchev–Trinajstić information content (AvgIpc) is 2.23. The molecule has 3 heteroatoms. The summed E-state index contributed by atoms with van der Waals surface area (Å²) in [5, 5.41) is 0. The molecule has 0 spiro atoms. The molecule has 0 aromatic rings. The molecule has 0 aliphatic heterocycles. The molecule has 0 N–H and O–H groups in total. The van der Waals surface area contributed by atoms with Crippen LogP contribution < -0.4 is 0 Å². The maximum atomic E-state index is 12.7. The van der Waals surface area contributed by atoms with Gasteiger partial charge in [0.15, 0.2) is 0 Å². The molecular formula is C14H29FOS. The summed E-state index contributed by atoms with van der Waals surface area (Å²) in [4.78, 5) is 0. The highest BCUT2D eigenvalue weighted by Gasteiger charge is 2.31. The van der Waals surface area contributed by atoms with Gasteiger partial charge >= 0.3 is 0 Å². The first-order valence-electron chi connectivity index (χ1n) is 6.70. The Morgan fingerprint density at radius 3 is 2.18 bits per heavy atom. The molecular weight excluding hydrogens is 235 g/mol. The number of ether oxygens (including phenoxy) is 1. The zero-order valence-electron chi connectivity index (χ0n) is 12.3. The van der Waals surface area contributed by atoms with E-state index < -0.39 is 0 Å². The molecule has 1 atom stereocenters. The van der Waals surface area contributed by atoms with E-state index >= 15 is 0 Å². The highest BCUT2D eigenvalue weighted by molar-refractivity contribution is 7.95. The van der Waals surface area contributed by atoms with E-state index in [0.717, 1.165) is 19.4 Å². The third kappa shape index (κ3) is 8.04. The number of halogens is 1. The van der Waals surface area contributed by atoms with Gasteiger partial charge in [0.05, 0.1) is 24.4 Å². The Morgan fingerprint density at radius 1 is 1.18 bits per heavy atom. The number of hydrogen-bond acceptors (Lipinski definition) is 2. The van der Waals surface area contributed by atoms with Crippen molar-refractivity contribution in [3.63, 3.8) is 0 Å². The Bertz CT molecular complexity index is 204. The molecule has 1 unspecified atom stereocenters. The predicted molar refractivity (Wildman–Crippen MR) is 76.1 cm³/mol. The van der Waals surface area contributed by atoms with Crippen molar-refractivity contribution >= 4 is 12.1 Å². The second-order valence-corrected chi connectivity index (χ2v) is 7.41. The van der Waals surface area contributed by atoms with Gasteiger partial charge in [0.1, 0.15) is 0 Å². The van der Waals surface area contributed by atoms with Gasteiger partial charge in [-0.3, -0.25) is 0 Å². The van der Waals surface area contributed by atoms with Crippen molar-refractivity contribution in [2.45, 2.75) is 77.6 Å². The van der Waals surface area contributed by atoms with Crippen molar-refractivity contribution in [3.8, 4) is 0 Å². The first kappa shape index (κ1) is 17.2. The lowest BCUT2D eigenvalue weighted by molar-refractivity contribution is -0.0466. The van der Waals surface area contributed by atoms with Gasteiger partial charge in [0, 0.05) is 4.75 Å². The smallest absolute Gasteiger partial charge is 0.0640 e. The van der Waals surface area contributed by atoms with Gasteiger partial charge in [0.2, 0.25) is 0 Å². The van der Waals surface area contributed by atoms with E-state index in [2.05, 4.69) is 27.7 Å². The van der Waals surface area contributed by atoms with E-state index in [1.807, 2.05) is 13.8 Å². The van der Waals surface area contributed by atoms with Crippen LogP contribution in [-0.2, 0) is 4.74 Å². The van der Waals surface area contributed by atoms with E-state index in [4.69, 9.17) is 4.74 Å². The van der Waals surface area contributed by atoms with Crippen molar-refractivity contribution in [3.05, 3.63) is 0 Å². The van der Waals surface area contributed by atoms with Crippen molar-refractivity contribution in [1.82, 2.24) is 0 Å². The molecule has 0 amide bonds. The Balaban J connectivity index is 4.16. The van der Waals surface area contributed by atoms with Crippen LogP contribution in [0.25, 0.3) is 0 Å². The van der Waals surface area contributed by atoms with Crippen LogP contribution in [0.15, 0.2) is 0 Å². The summed E-state index contributed by atoms with van der Waals surface area (Å²) in [6.45, 7) is 13.2.